The van der Waals surface area contributed by atoms with Gasteiger partial charge in [0.05, 0.1) is 6.42 Å². The molecule has 0 aromatic rings. The molecule has 0 fully saturated rings. The Labute approximate surface area is 88.2 Å². The van der Waals surface area contributed by atoms with E-state index in [4.69, 9.17) is 12.8 Å². The zero-order chi connectivity index (χ0) is 11.7. The van der Waals surface area contributed by atoms with Crippen molar-refractivity contribution in [3.8, 4) is 24.7 Å². The lowest BCUT2D eigenvalue weighted by atomic mass is 10.2. The molecule has 4 nitrogen and oxygen atoms in total. The number of terminal acetylenes is 2. The van der Waals surface area contributed by atoms with Gasteiger partial charge in [0, 0.05) is 5.57 Å². The average Bonchev–Trinajstić information content (AvgIpc) is 2.22. The van der Waals surface area contributed by atoms with Crippen molar-refractivity contribution < 1.29 is 19.1 Å². The molecule has 0 aromatic carbocycles. The lowest BCUT2D eigenvalue weighted by Crippen LogP contribution is -2.13. The molecule has 0 spiro atoms. The maximum Gasteiger partial charge on any atom is 0.334 e. The Hall–Kier alpha value is -2.20. The van der Waals surface area contributed by atoms with E-state index in [0.717, 1.165) is 0 Å². The van der Waals surface area contributed by atoms with Gasteiger partial charge in [-0.05, 0) is 0 Å². The Bertz CT molecular complexity index is 341. The van der Waals surface area contributed by atoms with Gasteiger partial charge < -0.3 is 9.47 Å². The summed E-state index contributed by atoms with van der Waals surface area (Å²) in [6, 6.07) is 0. The highest BCUT2D eigenvalue weighted by Crippen LogP contribution is 2.02. The third-order valence-corrected chi connectivity index (χ3v) is 1.25. The molecule has 0 aromatic heterocycles. The van der Waals surface area contributed by atoms with Gasteiger partial charge in [0.2, 0.25) is 0 Å². The number of carbonyl (C=O) groups is 2. The van der Waals surface area contributed by atoms with Gasteiger partial charge in [0.25, 0.3) is 0 Å². The minimum Gasteiger partial charge on any atom is -0.452 e. The average molecular weight is 206 g/mol. The second-order valence-electron chi connectivity index (χ2n) is 2.43. The molecule has 78 valence electrons. The number of ether oxygens (including phenoxy) is 2. The fraction of sp³-hybridized carbons (Fsp3) is 0.273. The molecule has 0 amide bonds. The summed E-state index contributed by atoms with van der Waals surface area (Å²) in [4.78, 5) is 22.0. The molecule has 0 N–H and O–H groups in total. The van der Waals surface area contributed by atoms with Gasteiger partial charge in [0.1, 0.15) is 0 Å². The Morgan fingerprint density at radius 3 is 2.20 bits per heavy atom. The van der Waals surface area contributed by atoms with Gasteiger partial charge in [-0.25, -0.2) is 4.79 Å². The lowest BCUT2D eigenvalue weighted by molar-refractivity contribution is -0.144. The van der Waals surface area contributed by atoms with E-state index >= 15 is 0 Å². The summed E-state index contributed by atoms with van der Waals surface area (Å²) in [5.41, 5.74) is -0.0210. The van der Waals surface area contributed by atoms with E-state index in [0.29, 0.717) is 0 Å². The van der Waals surface area contributed by atoms with E-state index in [2.05, 4.69) is 27.9 Å². The molecule has 0 saturated carbocycles. The van der Waals surface area contributed by atoms with Crippen LogP contribution in [-0.4, -0.2) is 25.2 Å². The van der Waals surface area contributed by atoms with Crippen LogP contribution in [0.3, 0.4) is 0 Å². The maximum atomic E-state index is 11.0. The summed E-state index contributed by atoms with van der Waals surface area (Å²) in [5, 5.41) is 0. The van der Waals surface area contributed by atoms with Gasteiger partial charge in [-0.2, -0.15) is 0 Å². The molecule has 15 heavy (non-hydrogen) atoms. The molecule has 0 radical (unpaired) electrons. The SMILES string of the molecule is C#CCOC(=O)CC(=C)C(=O)OCC#C. The van der Waals surface area contributed by atoms with Crippen LogP contribution in [0.5, 0.6) is 0 Å². The van der Waals surface area contributed by atoms with E-state index in [1.54, 1.807) is 0 Å². The van der Waals surface area contributed by atoms with Crippen molar-refractivity contribution in [3.63, 3.8) is 0 Å². The maximum absolute atomic E-state index is 11.0. The molecule has 0 atom stereocenters. The Balaban J connectivity index is 3.93. The smallest absolute Gasteiger partial charge is 0.334 e. The van der Waals surface area contributed by atoms with Crippen LogP contribution in [0.4, 0.5) is 0 Å². The highest BCUT2D eigenvalue weighted by molar-refractivity contribution is 5.93. The molecule has 0 heterocycles. The predicted molar refractivity (Wildman–Crippen MR) is 53.3 cm³/mol. The molecule has 0 unspecified atom stereocenters. The van der Waals surface area contributed by atoms with Crippen LogP contribution < -0.4 is 0 Å². The van der Waals surface area contributed by atoms with Crippen LogP contribution in [-0.2, 0) is 19.1 Å². The van der Waals surface area contributed by atoms with Crippen LogP contribution in [0.1, 0.15) is 6.42 Å². The van der Waals surface area contributed by atoms with Gasteiger partial charge >= 0.3 is 11.9 Å². The highest BCUT2D eigenvalue weighted by atomic mass is 16.5. The topological polar surface area (TPSA) is 52.6 Å². The summed E-state index contributed by atoms with van der Waals surface area (Å²) in [7, 11) is 0. The van der Waals surface area contributed by atoms with Crippen molar-refractivity contribution in [2.45, 2.75) is 6.42 Å². The van der Waals surface area contributed by atoms with Gasteiger partial charge in [0.15, 0.2) is 13.2 Å². The van der Waals surface area contributed by atoms with Crippen molar-refractivity contribution in [3.05, 3.63) is 12.2 Å². The monoisotopic (exact) mass is 206 g/mol. The van der Waals surface area contributed by atoms with Gasteiger partial charge in [-0.15, -0.1) is 12.8 Å². The standard InChI is InChI=1S/C11H10O4/c1-4-6-14-10(12)8-9(3)11(13)15-7-5-2/h1-2H,3,6-8H2. The number of hydrogen-bond donors (Lipinski definition) is 0. The Kier molecular flexibility index (Phi) is 6.17. The second kappa shape index (κ2) is 7.23. The van der Waals surface area contributed by atoms with Crippen LogP contribution in [0.25, 0.3) is 0 Å². The lowest BCUT2D eigenvalue weighted by Gasteiger charge is -2.03. The van der Waals surface area contributed by atoms with Gasteiger partial charge in [-0.1, -0.05) is 18.4 Å². The third kappa shape index (κ3) is 5.95. The van der Waals surface area contributed by atoms with Crippen molar-refractivity contribution in [1.82, 2.24) is 0 Å². The molecule has 0 aliphatic rings. The number of carbonyl (C=O) groups excluding carboxylic acids is 2. The van der Waals surface area contributed by atoms with Crippen molar-refractivity contribution in [2.75, 3.05) is 13.2 Å². The molecular weight excluding hydrogens is 196 g/mol. The number of rotatable bonds is 5. The summed E-state index contributed by atoms with van der Waals surface area (Å²) in [5.74, 6) is 2.89. The largest absolute Gasteiger partial charge is 0.452 e. The quantitative estimate of drug-likeness (QED) is 0.368. The second-order valence-corrected chi connectivity index (χ2v) is 2.43. The van der Waals surface area contributed by atoms with Crippen molar-refractivity contribution >= 4 is 11.9 Å². The van der Waals surface area contributed by atoms with Crippen molar-refractivity contribution in [1.29, 1.82) is 0 Å². The molecule has 0 aliphatic carbocycles. The van der Waals surface area contributed by atoms with E-state index in [1.807, 2.05) is 0 Å². The fourth-order valence-electron chi connectivity index (χ4n) is 0.629. The molecule has 0 saturated heterocycles. The Morgan fingerprint density at radius 1 is 1.13 bits per heavy atom. The molecule has 0 bridgehead atoms. The van der Waals surface area contributed by atoms with Crippen molar-refractivity contribution in [2.24, 2.45) is 0 Å². The van der Waals surface area contributed by atoms with Crippen LogP contribution >= 0.6 is 0 Å². The molecular formula is C11H10O4. The van der Waals surface area contributed by atoms with Crippen LogP contribution in [0.2, 0.25) is 0 Å². The van der Waals surface area contributed by atoms with E-state index < -0.39 is 11.9 Å². The Morgan fingerprint density at radius 2 is 1.67 bits per heavy atom. The first kappa shape index (κ1) is 12.8. The normalized spacial score (nSPS) is 8.13. The first-order valence-corrected chi connectivity index (χ1v) is 3.99. The van der Waals surface area contributed by atoms with E-state index in [1.165, 1.54) is 0 Å². The van der Waals surface area contributed by atoms with Gasteiger partial charge in [-0.3, -0.25) is 4.79 Å². The number of esters is 2. The zero-order valence-electron chi connectivity index (χ0n) is 8.12. The van der Waals surface area contributed by atoms with Crippen LogP contribution in [0, 0.1) is 24.7 Å². The zero-order valence-corrected chi connectivity index (χ0v) is 8.12. The number of hydrogen-bond acceptors (Lipinski definition) is 4. The summed E-state index contributed by atoms with van der Waals surface area (Å²) in [6.07, 6.45) is 9.48. The first-order valence-electron chi connectivity index (χ1n) is 3.99. The fourth-order valence-corrected chi connectivity index (χ4v) is 0.629. The van der Waals surface area contributed by atoms with Crippen LogP contribution in [0.15, 0.2) is 12.2 Å². The molecule has 0 aliphatic heterocycles. The third-order valence-electron chi connectivity index (χ3n) is 1.25. The summed E-state index contributed by atoms with van der Waals surface area (Å²) in [6.45, 7) is 3.07. The minimum atomic E-state index is -0.717. The highest BCUT2D eigenvalue weighted by Gasteiger charge is 2.13. The summed E-state index contributed by atoms with van der Waals surface area (Å²) < 4.78 is 9.07. The van der Waals surface area contributed by atoms with E-state index in [-0.39, 0.29) is 25.2 Å². The predicted octanol–water partition coefficient (Wildman–Crippen LogP) is 0.286. The first-order chi connectivity index (χ1) is 7.11. The van der Waals surface area contributed by atoms with E-state index in [9.17, 15) is 9.59 Å². The summed E-state index contributed by atoms with van der Waals surface area (Å²) >= 11 is 0. The molecule has 4 heteroatoms. The minimum absolute atomic E-state index is 0.0210. The molecule has 0 rings (SSSR count).